The number of phenolic OH excluding ortho intramolecular Hbond substituents is 1. The van der Waals surface area contributed by atoms with Crippen LogP contribution < -0.4 is 5.32 Å². The molecule has 0 fully saturated rings. The maximum absolute atomic E-state index is 13.2. The molecule has 2 N–H and O–H groups in total. The molecule has 1 amide bonds. The topological polar surface area (TPSA) is 71.3 Å². The molecule has 1 aromatic heterocycles. The van der Waals surface area contributed by atoms with Gasteiger partial charge < -0.3 is 10.4 Å². The van der Waals surface area contributed by atoms with Gasteiger partial charge >= 0.3 is 0 Å². The number of aromatic hydroxyl groups is 1. The zero-order chi connectivity index (χ0) is 20.6. The first kappa shape index (κ1) is 20.2. The number of nitrogens with one attached hydrogen (secondary N) is 1. The molecule has 0 unspecified atom stereocenters. The second kappa shape index (κ2) is 7.86. The molecule has 0 aliphatic heterocycles. The Kier molecular flexibility index (Phi) is 5.68. The molecule has 0 bridgehead atoms. The number of hydrogen-bond donors (Lipinski definition) is 2. The van der Waals surface area contributed by atoms with E-state index in [1.165, 1.54) is 16.7 Å². The average molecular weight is 419 g/mol. The first-order valence-corrected chi connectivity index (χ1v) is 9.56. The number of rotatable bonds is 4. The molecule has 0 aliphatic carbocycles. The number of hydrogen-bond acceptors (Lipinski definition) is 3. The number of carbonyl (C=O) groups excluding carboxylic acids is 2. The maximum atomic E-state index is 13.2. The molecule has 28 heavy (non-hydrogen) atoms. The Hall–Kier alpha value is -2.50. The molecule has 2 aromatic carbocycles. The number of carbonyl (C=O) groups is 2. The summed E-state index contributed by atoms with van der Waals surface area (Å²) in [4.78, 5) is 25.5. The van der Waals surface area contributed by atoms with Gasteiger partial charge in [-0.15, -0.1) is 0 Å². The molecule has 0 aliphatic rings. The van der Waals surface area contributed by atoms with Crippen molar-refractivity contribution in [2.45, 2.75) is 33.2 Å². The van der Waals surface area contributed by atoms with Gasteiger partial charge in [0.2, 0.25) is 5.91 Å². The van der Waals surface area contributed by atoms with Crippen LogP contribution in [0.4, 0.5) is 0 Å². The largest absolute Gasteiger partial charge is 0.508 e. The lowest BCUT2D eigenvalue weighted by Crippen LogP contribution is -2.31. The highest BCUT2D eigenvalue weighted by Gasteiger charge is 2.22. The molecule has 0 atom stereocenters. The number of amides is 1. The van der Waals surface area contributed by atoms with Gasteiger partial charge in [0.15, 0.2) is 0 Å². The molecule has 0 radical (unpaired) electrons. The number of benzene rings is 2. The van der Waals surface area contributed by atoms with Crippen molar-refractivity contribution in [3.63, 3.8) is 0 Å². The van der Waals surface area contributed by atoms with E-state index in [1.54, 1.807) is 31.2 Å². The van der Waals surface area contributed by atoms with Gasteiger partial charge in [0.05, 0.1) is 22.0 Å². The summed E-state index contributed by atoms with van der Waals surface area (Å²) in [5, 5.41) is 14.1. The predicted molar refractivity (Wildman–Crippen MR) is 112 cm³/mol. The lowest BCUT2D eigenvalue weighted by atomic mass is 10.1. The van der Waals surface area contributed by atoms with Crippen LogP contribution in [0.15, 0.2) is 36.4 Å². The predicted octanol–water partition coefficient (Wildman–Crippen LogP) is 4.72. The Morgan fingerprint density at radius 1 is 1.11 bits per heavy atom. The molecule has 0 saturated carbocycles. The van der Waals surface area contributed by atoms with E-state index in [-0.39, 0.29) is 35.0 Å². The molecule has 146 valence electrons. The van der Waals surface area contributed by atoms with Crippen molar-refractivity contribution in [1.29, 1.82) is 0 Å². The van der Waals surface area contributed by atoms with Crippen molar-refractivity contribution in [3.8, 4) is 5.75 Å². The van der Waals surface area contributed by atoms with Crippen LogP contribution in [0.2, 0.25) is 10.0 Å². The lowest BCUT2D eigenvalue weighted by Gasteiger charge is -2.10. The van der Waals surface area contributed by atoms with E-state index in [1.807, 2.05) is 13.8 Å². The third-order valence-electron chi connectivity index (χ3n) is 4.47. The van der Waals surface area contributed by atoms with Crippen molar-refractivity contribution in [2.24, 2.45) is 0 Å². The van der Waals surface area contributed by atoms with Gasteiger partial charge in [0.25, 0.3) is 5.91 Å². The second-order valence-corrected chi connectivity index (χ2v) is 7.75. The maximum Gasteiger partial charge on any atom is 0.262 e. The molecule has 3 aromatic rings. The Labute approximate surface area is 172 Å². The second-order valence-electron chi connectivity index (χ2n) is 6.93. The zero-order valence-electron chi connectivity index (χ0n) is 15.7. The van der Waals surface area contributed by atoms with Crippen LogP contribution in [0.3, 0.4) is 0 Å². The van der Waals surface area contributed by atoms with Crippen LogP contribution in [0.5, 0.6) is 5.75 Å². The van der Waals surface area contributed by atoms with Crippen molar-refractivity contribution in [2.75, 3.05) is 0 Å². The Bertz CT molecular complexity index is 1090. The SMILES string of the molecule is Cc1c(CC(=O)NC(C)C)c2cc(O)ccc2n1C(=O)c1ccc(Cl)c(Cl)c1. The van der Waals surface area contributed by atoms with Crippen LogP contribution >= 0.6 is 23.2 Å². The fourth-order valence-corrected chi connectivity index (χ4v) is 3.55. The first-order chi connectivity index (χ1) is 13.2. The fourth-order valence-electron chi connectivity index (χ4n) is 3.25. The smallest absolute Gasteiger partial charge is 0.262 e. The summed E-state index contributed by atoms with van der Waals surface area (Å²) in [6.07, 6.45) is 0.103. The monoisotopic (exact) mass is 418 g/mol. The molecule has 1 heterocycles. The standard InChI is InChI=1S/C21H20Cl2N2O3/c1-11(2)24-20(27)10-15-12(3)25(19-7-5-14(26)9-16(15)19)21(28)13-4-6-17(22)18(23)8-13/h4-9,11,26H,10H2,1-3H3,(H,24,27). The molecule has 5 nitrogen and oxygen atoms in total. The van der Waals surface area contributed by atoms with Gasteiger partial charge in [-0.1, -0.05) is 23.2 Å². The average Bonchev–Trinajstić information content (AvgIpc) is 2.87. The summed E-state index contributed by atoms with van der Waals surface area (Å²) in [7, 11) is 0. The van der Waals surface area contributed by atoms with Crippen molar-refractivity contribution in [3.05, 3.63) is 63.3 Å². The molecule has 0 saturated heterocycles. The normalized spacial score (nSPS) is 11.2. The van der Waals surface area contributed by atoms with Crippen molar-refractivity contribution >= 4 is 45.9 Å². The van der Waals surface area contributed by atoms with Crippen LogP contribution in [-0.2, 0) is 11.2 Å². The van der Waals surface area contributed by atoms with E-state index < -0.39 is 0 Å². The Morgan fingerprint density at radius 2 is 1.82 bits per heavy atom. The third-order valence-corrected chi connectivity index (χ3v) is 5.21. The number of phenols is 1. The van der Waals surface area contributed by atoms with Crippen molar-refractivity contribution in [1.82, 2.24) is 9.88 Å². The van der Waals surface area contributed by atoms with Gasteiger partial charge in [-0.05, 0) is 62.7 Å². The van der Waals surface area contributed by atoms with E-state index in [0.717, 1.165) is 0 Å². The van der Waals surface area contributed by atoms with Crippen molar-refractivity contribution < 1.29 is 14.7 Å². The minimum absolute atomic E-state index is 0.00685. The van der Waals surface area contributed by atoms with E-state index in [0.29, 0.717) is 32.7 Å². The van der Waals surface area contributed by atoms with Crippen LogP contribution in [-0.4, -0.2) is 27.5 Å². The van der Waals surface area contributed by atoms with Gasteiger partial charge in [-0.2, -0.15) is 0 Å². The minimum atomic E-state index is -0.290. The lowest BCUT2D eigenvalue weighted by molar-refractivity contribution is -0.120. The summed E-state index contributed by atoms with van der Waals surface area (Å²) >= 11 is 12.0. The number of nitrogens with zero attached hydrogens (tertiary/aromatic N) is 1. The molecule has 7 heteroatoms. The zero-order valence-corrected chi connectivity index (χ0v) is 17.2. The van der Waals surface area contributed by atoms with Gasteiger partial charge in [-0.25, -0.2) is 0 Å². The quantitative estimate of drug-likeness (QED) is 0.643. The first-order valence-electron chi connectivity index (χ1n) is 8.81. The Balaban J connectivity index is 2.14. The number of aromatic nitrogens is 1. The summed E-state index contributed by atoms with van der Waals surface area (Å²) < 4.78 is 1.53. The highest BCUT2D eigenvalue weighted by molar-refractivity contribution is 6.42. The van der Waals surface area contributed by atoms with E-state index in [4.69, 9.17) is 23.2 Å². The van der Waals surface area contributed by atoms with Gasteiger partial charge in [0.1, 0.15) is 5.75 Å². The summed E-state index contributed by atoms with van der Waals surface area (Å²) in [6, 6.07) is 9.44. The van der Waals surface area contributed by atoms with Crippen LogP contribution in [0.1, 0.15) is 35.5 Å². The van der Waals surface area contributed by atoms with Gasteiger partial charge in [-0.3, -0.25) is 14.2 Å². The van der Waals surface area contributed by atoms with Gasteiger partial charge in [0, 0.05) is 22.7 Å². The highest BCUT2D eigenvalue weighted by atomic mass is 35.5. The third kappa shape index (κ3) is 3.86. The van der Waals surface area contributed by atoms with Crippen LogP contribution in [0, 0.1) is 6.92 Å². The number of fused-ring (bicyclic) bond motifs is 1. The number of halogens is 2. The van der Waals surface area contributed by atoms with Crippen LogP contribution in [0.25, 0.3) is 10.9 Å². The molecular weight excluding hydrogens is 399 g/mol. The molecular formula is C21H20Cl2N2O3. The summed E-state index contributed by atoms with van der Waals surface area (Å²) in [6.45, 7) is 5.55. The van der Waals surface area contributed by atoms with E-state index >= 15 is 0 Å². The summed E-state index contributed by atoms with van der Waals surface area (Å²) in [5.41, 5.74) is 2.31. The summed E-state index contributed by atoms with van der Waals surface area (Å²) in [5.74, 6) is -0.373. The van der Waals surface area contributed by atoms with E-state index in [2.05, 4.69) is 5.32 Å². The van der Waals surface area contributed by atoms with E-state index in [9.17, 15) is 14.7 Å². The highest BCUT2D eigenvalue weighted by Crippen LogP contribution is 2.31. The molecule has 3 rings (SSSR count). The minimum Gasteiger partial charge on any atom is -0.508 e. The molecule has 0 spiro atoms. The fraction of sp³-hybridized carbons (Fsp3) is 0.238. The Morgan fingerprint density at radius 3 is 2.46 bits per heavy atom.